The lowest BCUT2D eigenvalue weighted by atomic mass is 9.77. The monoisotopic (exact) mass is 272 g/mol. The quantitative estimate of drug-likeness (QED) is 0.910. The summed E-state index contributed by atoms with van der Waals surface area (Å²) in [6.45, 7) is 4.15. The lowest BCUT2D eigenvalue weighted by Gasteiger charge is -2.47. The van der Waals surface area contributed by atoms with Gasteiger partial charge < -0.3 is 5.73 Å². The minimum Gasteiger partial charge on any atom is -0.329 e. The van der Waals surface area contributed by atoms with Crippen LogP contribution in [0.25, 0.3) is 0 Å². The van der Waals surface area contributed by atoms with Gasteiger partial charge in [0.15, 0.2) is 0 Å². The van der Waals surface area contributed by atoms with Gasteiger partial charge in [-0.15, -0.1) is 0 Å². The van der Waals surface area contributed by atoms with Crippen molar-refractivity contribution in [3.8, 4) is 0 Å². The van der Waals surface area contributed by atoms with Crippen LogP contribution in [0.4, 0.5) is 0 Å². The molecule has 3 atom stereocenters. The van der Waals surface area contributed by atoms with Gasteiger partial charge in [-0.25, -0.2) is 0 Å². The number of aryl methyl sites for hydroxylation is 1. The Balaban J connectivity index is 1.84. The molecule has 0 bridgehead atoms. The van der Waals surface area contributed by atoms with E-state index in [2.05, 4.69) is 36.1 Å². The van der Waals surface area contributed by atoms with E-state index < -0.39 is 0 Å². The molecule has 0 spiro atoms. The van der Waals surface area contributed by atoms with Crippen LogP contribution in [0.3, 0.4) is 0 Å². The minimum absolute atomic E-state index is 0.417. The summed E-state index contributed by atoms with van der Waals surface area (Å²) in [7, 11) is 0. The number of hydrogen-bond acceptors (Lipinski definition) is 2. The van der Waals surface area contributed by atoms with Crippen LogP contribution >= 0.6 is 0 Å². The van der Waals surface area contributed by atoms with Gasteiger partial charge in [0, 0.05) is 18.6 Å². The van der Waals surface area contributed by atoms with Crippen molar-refractivity contribution in [3.05, 3.63) is 35.4 Å². The first-order valence-electron chi connectivity index (χ1n) is 8.32. The molecule has 1 heterocycles. The highest BCUT2D eigenvalue weighted by Gasteiger charge is 2.36. The fourth-order valence-corrected chi connectivity index (χ4v) is 4.39. The fraction of sp³-hybridized carbons (Fsp3) is 0.667. The molecule has 1 aliphatic carbocycles. The Labute approximate surface area is 123 Å². The molecule has 3 unspecified atom stereocenters. The van der Waals surface area contributed by atoms with E-state index in [1.54, 1.807) is 0 Å². The molecular formula is C18H28N2. The summed E-state index contributed by atoms with van der Waals surface area (Å²) >= 11 is 0. The van der Waals surface area contributed by atoms with Crippen molar-refractivity contribution < 1.29 is 0 Å². The zero-order chi connectivity index (χ0) is 13.9. The van der Waals surface area contributed by atoms with Gasteiger partial charge in [-0.1, -0.05) is 42.7 Å². The van der Waals surface area contributed by atoms with E-state index in [4.69, 9.17) is 5.73 Å². The van der Waals surface area contributed by atoms with Crippen LogP contribution in [0.5, 0.6) is 0 Å². The Hall–Kier alpha value is -0.860. The van der Waals surface area contributed by atoms with E-state index in [1.165, 1.54) is 56.2 Å². The summed E-state index contributed by atoms with van der Waals surface area (Å²) in [4.78, 5) is 2.74. The van der Waals surface area contributed by atoms with Gasteiger partial charge in [0.2, 0.25) is 0 Å². The molecule has 1 saturated heterocycles. The highest BCUT2D eigenvalue weighted by atomic mass is 15.2. The highest BCUT2D eigenvalue weighted by Crippen LogP contribution is 2.39. The first-order chi connectivity index (χ1) is 9.79. The number of nitrogens with zero attached hydrogens (tertiary/aromatic N) is 1. The minimum atomic E-state index is 0.417. The van der Waals surface area contributed by atoms with Crippen molar-refractivity contribution >= 4 is 0 Å². The maximum Gasteiger partial charge on any atom is 0.0473 e. The van der Waals surface area contributed by atoms with E-state index in [1.807, 2.05) is 0 Å². The molecule has 2 fully saturated rings. The standard InChI is InChI=1S/C18H28N2/c1-14-6-4-8-16(12-14)18(13-19)20-11-5-9-15-7-2-3-10-17(15)20/h4,6,8,12,15,17-18H,2-3,5,7,9-11,13,19H2,1H3. The Bertz CT molecular complexity index is 441. The summed E-state index contributed by atoms with van der Waals surface area (Å²) < 4.78 is 0. The molecule has 110 valence electrons. The third-order valence-corrected chi connectivity index (χ3v) is 5.34. The SMILES string of the molecule is Cc1cccc(C(CN)N2CCCC3CCCCC32)c1. The Morgan fingerprint density at radius 1 is 1.20 bits per heavy atom. The molecule has 2 heteroatoms. The molecule has 3 rings (SSSR count). The molecule has 1 aromatic carbocycles. The van der Waals surface area contributed by atoms with Gasteiger partial charge in [-0.05, 0) is 50.6 Å². The largest absolute Gasteiger partial charge is 0.329 e. The fourth-order valence-electron chi connectivity index (χ4n) is 4.39. The molecule has 20 heavy (non-hydrogen) atoms. The van der Waals surface area contributed by atoms with E-state index in [0.717, 1.165) is 18.5 Å². The summed E-state index contributed by atoms with van der Waals surface area (Å²) in [5, 5.41) is 0. The highest BCUT2D eigenvalue weighted by molar-refractivity contribution is 5.26. The van der Waals surface area contributed by atoms with Gasteiger partial charge in [0.25, 0.3) is 0 Å². The molecule has 0 radical (unpaired) electrons. The number of hydrogen-bond donors (Lipinski definition) is 1. The first-order valence-corrected chi connectivity index (χ1v) is 8.32. The maximum absolute atomic E-state index is 6.17. The number of benzene rings is 1. The second-order valence-corrected chi connectivity index (χ2v) is 6.66. The molecular weight excluding hydrogens is 244 g/mol. The van der Waals surface area contributed by atoms with Crippen LogP contribution < -0.4 is 5.73 Å². The lowest BCUT2D eigenvalue weighted by molar-refractivity contribution is 0.0276. The average molecular weight is 272 g/mol. The van der Waals surface area contributed by atoms with Crippen LogP contribution in [0, 0.1) is 12.8 Å². The van der Waals surface area contributed by atoms with Gasteiger partial charge in [-0.2, -0.15) is 0 Å². The number of nitrogens with two attached hydrogens (primary N) is 1. The van der Waals surface area contributed by atoms with Gasteiger partial charge in [0.1, 0.15) is 0 Å². The van der Waals surface area contributed by atoms with Gasteiger partial charge in [0.05, 0.1) is 0 Å². The molecule has 0 aromatic heterocycles. The van der Waals surface area contributed by atoms with E-state index in [9.17, 15) is 0 Å². The van der Waals surface area contributed by atoms with E-state index in [-0.39, 0.29) is 0 Å². The van der Waals surface area contributed by atoms with Crippen LogP contribution in [0.1, 0.15) is 55.7 Å². The molecule has 1 aliphatic heterocycles. The van der Waals surface area contributed by atoms with Crippen molar-refractivity contribution in [2.75, 3.05) is 13.1 Å². The van der Waals surface area contributed by atoms with Gasteiger partial charge in [-0.3, -0.25) is 4.90 Å². The summed E-state index contributed by atoms with van der Waals surface area (Å²) in [6.07, 6.45) is 8.45. The van der Waals surface area contributed by atoms with Crippen molar-refractivity contribution in [2.24, 2.45) is 11.7 Å². The smallest absolute Gasteiger partial charge is 0.0473 e. The third-order valence-electron chi connectivity index (χ3n) is 5.34. The molecule has 0 amide bonds. The second kappa shape index (κ2) is 6.28. The molecule has 1 aromatic rings. The Morgan fingerprint density at radius 3 is 2.80 bits per heavy atom. The second-order valence-electron chi connectivity index (χ2n) is 6.66. The molecule has 1 saturated carbocycles. The van der Waals surface area contributed by atoms with Crippen LogP contribution in [0.2, 0.25) is 0 Å². The molecule has 2 nitrogen and oxygen atoms in total. The summed E-state index contributed by atoms with van der Waals surface area (Å²) in [5.41, 5.74) is 8.93. The Morgan fingerprint density at radius 2 is 2.00 bits per heavy atom. The first kappa shape index (κ1) is 14.1. The Kier molecular flexibility index (Phi) is 4.42. The predicted octanol–water partition coefficient (Wildman–Crippen LogP) is 3.65. The number of rotatable bonds is 3. The third kappa shape index (κ3) is 2.77. The normalized spacial score (nSPS) is 28.9. The van der Waals surface area contributed by atoms with Crippen molar-refractivity contribution in [2.45, 2.75) is 57.5 Å². The van der Waals surface area contributed by atoms with Crippen molar-refractivity contribution in [3.63, 3.8) is 0 Å². The van der Waals surface area contributed by atoms with Crippen LogP contribution in [0.15, 0.2) is 24.3 Å². The summed E-state index contributed by atoms with van der Waals surface area (Å²) in [6, 6.07) is 10.1. The molecule has 2 N–H and O–H groups in total. The van der Waals surface area contributed by atoms with Crippen molar-refractivity contribution in [1.29, 1.82) is 0 Å². The van der Waals surface area contributed by atoms with Crippen LogP contribution in [-0.2, 0) is 0 Å². The molecule has 2 aliphatic rings. The number of fused-ring (bicyclic) bond motifs is 1. The van der Waals surface area contributed by atoms with Crippen molar-refractivity contribution in [1.82, 2.24) is 4.90 Å². The lowest BCUT2D eigenvalue weighted by Crippen LogP contribution is -2.49. The average Bonchev–Trinajstić information content (AvgIpc) is 2.48. The zero-order valence-electron chi connectivity index (χ0n) is 12.7. The summed E-state index contributed by atoms with van der Waals surface area (Å²) in [5.74, 6) is 0.927. The number of likely N-dealkylation sites (tertiary alicyclic amines) is 1. The maximum atomic E-state index is 6.17. The van der Waals surface area contributed by atoms with E-state index in [0.29, 0.717) is 6.04 Å². The predicted molar refractivity (Wildman–Crippen MR) is 84.7 cm³/mol. The topological polar surface area (TPSA) is 29.3 Å². The number of piperidine rings is 1. The van der Waals surface area contributed by atoms with Gasteiger partial charge >= 0.3 is 0 Å². The van der Waals surface area contributed by atoms with Crippen LogP contribution in [-0.4, -0.2) is 24.0 Å². The van der Waals surface area contributed by atoms with E-state index >= 15 is 0 Å². The zero-order valence-corrected chi connectivity index (χ0v) is 12.7.